The number of hydrogen-bond acceptors (Lipinski definition) is 4. The molecule has 2 rings (SSSR count). The Bertz CT molecular complexity index is 460. The quantitative estimate of drug-likeness (QED) is 0.769. The molecule has 0 aliphatic carbocycles. The SMILES string of the molecule is O=C(Cl)Cc1cc2c(cc1Cl)OS(=O)O2. The van der Waals surface area contributed by atoms with Crippen molar-refractivity contribution in [2.75, 3.05) is 0 Å². The van der Waals surface area contributed by atoms with Crippen LogP contribution in [0.5, 0.6) is 11.5 Å². The molecule has 4 nitrogen and oxygen atoms in total. The molecule has 15 heavy (non-hydrogen) atoms. The average molecular weight is 267 g/mol. The number of carbonyl (C=O) groups excluding carboxylic acids is 1. The van der Waals surface area contributed by atoms with E-state index in [1.54, 1.807) is 0 Å². The molecule has 0 bridgehead atoms. The van der Waals surface area contributed by atoms with Crippen LogP contribution in [0.15, 0.2) is 12.1 Å². The van der Waals surface area contributed by atoms with E-state index < -0.39 is 16.6 Å². The van der Waals surface area contributed by atoms with Crippen molar-refractivity contribution in [3.63, 3.8) is 0 Å². The van der Waals surface area contributed by atoms with Crippen LogP contribution in [0.4, 0.5) is 0 Å². The van der Waals surface area contributed by atoms with E-state index in [-0.39, 0.29) is 6.42 Å². The number of hydrogen-bond donors (Lipinski definition) is 0. The van der Waals surface area contributed by atoms with Crippen molar-refractivity contribution >= 4 is 39.8 Å². The predicted molar refractivity (Wildman–Crippen MR) is 55.4 cm³/mol. The number of rotatable bonds is 2. The molecule has 0 N–H and O–H groups in total. The number of halogens is 2. The number of fused-ring (bicyclic) bond motifs is 1. The molecule has 1 aromatic rings. The number of carbonyl (C=O) groups is 1. The third-order valence-electron chi connectivity index (χ3n) is 1.76. The summed E-state index contributed by atoms with van der Waals surface area (Å²) in [5.41, 5.74) is 0.512. The van der Waals surface area contributed by atoms with Gasteiger partial charge in [-0.25, -0.2) is 0 Å². The van der Waals surface area contributed by atoms with Crippen LogP contribution in [-0.2, 0) is 22.6 Å². The van der Waals surface area contributed by atoms with Gasteiger partial charge in [-0.15, -0.1) is 0 Å². The van der Waals surface area contributed by atoms with E-state index in [0.717, 1.165) is 0 Å². The standard InChI is InChI=1S/C8H4Cl2O4S/c9-5-3-7-6(13-15(12)14-7)1-4(5)2-8(10)11/h1,3H,2H2. The molecule has 1 aromatic carbocycles. The van der Waals surface area contributed by atoms with E-state index in [4.69, 9.17) is 31.6 Å². The second kappa shape index (κ2) is 4.00. The molecule has 0 spiro atoms. The van der Waals surface area contributed by atoms with Gasteiger partial charge in [-0.1, -0.05) is 11.6 Å². The van der Waals surface area contributed by atoms with Gasteiger partial charge in [0.1, 0.15) is 0 Å². The lowest BCUT2D eigenvalue weighted by molar-refractivity contribution is -0.111. The summed E-state index contributed by atoms with van der Waals surface area (Å²) in [6.07, 6.45) is -0.0103. The Morgan fingerprint density at radius 3 is 2.53 bits per heavy atom. The Labute approximate surface area is 97.9 Å². The van der Waals surface area contributed by atoms with Crippen molar-refractivity contribution in [2.45, 2.75) is 6.42 Å². The second-order valence-electron chi connectivity index (χ2n) is 2.79. The Morgan fingerprint density at radius 1 is 1.33 bits per heavy atom. The van der Waals surface area contributed by atoms with Crippen LogP contribution in [0.1, 0.15) is 5.56 Å². The van der Waals surface area contributed by atoms with E-state index in [0.29, 0.717) is 22.1 Å². The zero-order chi connectivity index (χ0) is 11.0. The van der Waals surface area contributed by atoms with Gasteiger partial charge in [0.05, 0.1) is 0 Å². The lowest BCUT2D eigenvalue weighted by atomic mass is 10.1. The molecule has 0 aromatic heterocycles. The maximum atomic E-state index is 10.9. The maximum Gasteiger partial charge on any atom is 0.417 e. The first-order chi connectivity index (χ1) is 7.06. The predicted octanol–water partition coefficient (Wildman–Crippen LogP) is 2.00. The van der Waals surface area contributed by atoms with Crippen LogP contribution in [0, 0.1) is 0 Å². The Hall–Kier alpha value is -0.780. The van der Waals surface area contributed by atoms with Gasteiger partial charge in [-0.05, 0) is 23.2 Å². The minimum absolute atomic E-state index is 0.0103. The minimum Gasteiger partial charge on any atom is -0.367 e. The van der Waals surface area contributed by atoms with E-state index in [2.05, 4.69) is 0 Å². The molecule has 0 amide bonds. The van der Waals surface area contributed by atoms with E-state index in [1.807, 2.05) is 0 Å². The topological polar surface area (TPSA) is 52.6 Å². The van der Waals surface area contributed by atoms with Crippen LogP contribution in [-0.4, -0.2) is 9.45 Å². The van der Waals surface area contributed by atoms with Gasteiger partial charge in [0, 0.05) is 17.5 Å². The zero-order valence-electron chi connectivity index (χ0n) is 7.16. The number of benzene rings is 1. The molecule has 0 radical (unpaired) electrons. The van der Waals surface area contributed by atoms with Crippen LogP contribution in [0.3, 0.4) is 0 Å². The zero-order valence-corrected chi connectivity index (χ0v) is 9.49. The fraction of sp³-hybridized carbons (Fsp3) is 0.125. The van der Waals surface area contributed by atoms with Crippen molar-refractivity contribution in [2.24, 2.45) is 0 Å². The first-order valence-electron chi connectivity index (χ1n) is 3.85. The molecule has 80 valence electrons. The van der Waals surface area contributed by atoms with Gasteiger partial charge in [0.2, 0.25) is 5.24 Å². The minimum atomic E-state index is -1.83. The highest BCUT2D eigenvalue weighted by Gasteiger charge is 2.23. The van der Waals surface area contributed by atoms with Crippen LogP contribution >= 0.6 is 23.2 Å². The van der Waals surface area contributed by atoms with Gasteiger partial charge >= 0.3 is 11.4 Å². The van der Waals surface area contributed by atoms with Crippen molar-refractivity contribution in [3.05, 3.63) is 22.7 Å². The summed E-state index contributed by atoms with van der Waals surface area (Å²) in [4.78, 5) is 10.7. The Kier molecular flexibility index (Phi) is 2.86. The Balaban J connectivity index is 2.39. The summed E-state index contributed by atoms with van der Waals surface area (Å²) >= 11 is 9.26. The Morgan fingerprint density at radius 2 is 1.93 bits per heavy atom. The molecule has 0 saturated carbocycles. The van der Waals surface area contributed by atoms with Gasteiger partial charge in [0.15, 0.2) is 11.5 Å². The first-order valence-corrected chi connectivity index (χ1v) is 5.61. The smallest absolute Gasteiger partial charge is 0.367 e. The van der Waals surface area contributed by atoms with E-state index in [9.17, 15) is 9.00 Å². The monoisotopic (exact) mass is 266 g/mol. The van der Waals surface area contributed by atoms with Gasteiger partial charge < -0.3 is 8.37 Å². The summed E-state index contributed by atoms with van der Waals surface area (Å²) in [6, 6.07) is 2.93. The summed E-state index contributed by atoms with van der Waals surface area (Å²) in [7, 11) is 0. The maximum absolute atomic E-state index is 10.9. The summed E-state index contributed by atoms with van der Waals surface area (Å²) in [5, 5.41) is -0.206. The molecule has 1 aliphatic rings. The summed E-state index contributed by atoms with van der Waals surface area (Å²) in [5.74, 6) is 0.592. The molecule has 0 saturated heterocycles. The molecule has 1 unspecified atom stereocenters. The van der Waals surface area contributed by atoms with Gasteiger partial charge in [0.25, 0.3) is 0 Å². The molecule has 0 fully saturated rings. The highest BCUT2D eigenvalue weighted by molar-refractivity contribution is 7.76. The van der Waals surface area contributed by atoms with Gasteiger partial charge in [-0.3, -0.25) is 4.79 Å². The van der Waals surface area contributed by atoms with Crippen molar-refractivity contribution < 1.29 is 17.4 Å². The lowest BCUT2D eigenvalue weighted by Gasteiger charge is -2.01. The van der Waals surface area contributed by atoms with Crippen molar-refractivity contribution in [3.8, 4) is 11.5 Å². The molecule has 1 aliphatic heterocycles. The fourth-order valence-corrected chi connectivity index (χ4v) is 2.11. The summed E-state index contributed by atoms with van der Waals surface area (Å²) < 4.78 is 20.5. The third kappa shape index (κ3) is 2.25. The van der Waals surface area contributed by atoms with Crippen LogP contribution in [0.2, 0.25) is 5.02 Å². The molecule has 7 heteroatoms. The summed E-state index contributed by atoms with van der Waals surface area (Å²) in [6.45, 7) is 0. The largest absolute Gasteiger partial charge is 0.417 e. The van der Waals surface area contributed by atoms with Crippen LogP contribution in [0.25, 0.3) is 0 Å². The average Bonchev–Trinajstić information content (AvgIpc) is 2.44. The third-order valence-corrected chi connectivity index (χ3v) is 2.87. The van der Waals surface area contributed by atoms with Crippen molar-refractivity contribution in [1.29, 1.82) is 0 Å². The molecule has 1 atom stereocenters. The van der Waals surface area contributed by atoms with E-state index in [1.165, 1.54) is 12.1 Å². The first kappa shape index (κ1) is 10.7. The van der Waals surface area contributed by atoms with Gasteiger partial charge in [-0.2, -0.15) is 4.21 Å². The highest BCUT2D eigenvalue weighted by atomic mass is 35.5. The lowest BCUT2D eigenvalue weighted by Crippen LogP contribution is -1.97. The molecule has 1 heterocycles. The highest BCUT2D eigenvalue weighted by Crippen LogP contribution is 2.38. The van der Waals surface area contributed by atoms with Crippen molar-refractivity contribution in [1.82, 2.24) is 0 Å². The normalized spacial score (nSPS) is 17.9. The molecular formula is C8H4Cl2O4S. The fourth-order valence-electron chi connectivity index (χ4n) is 1.16. The van der Waals surface area contributed by atoms with Crippen LogP contribution < -0.4 is 8.37 Å². The van der Waals surface area contributed by atoms with E-state index >= 15 is 0 Å². The molecular weight excluding hydrogens is 263 g/mol. The second-order valence-corrected chi connectivity index (χ2v) is 4.36.